The molecule has 0 aromatic heterocycles. The highest BCUT2D eigenvalue weighted by atomic mass is 16.2. The summed E-state index contributed by atoms with van der Waals surface area (Å²) in [6, 6.07) is 2.27. The minimum Gasteiger partial charge on any atom is -0.344 e. The SMILES string of the molecule is CCCN(C)C(=O)C1(C#N)CCCCC1. The molecule has 0 aromatic carbocycles. The normalized spacial score (nSPS) is 19.3. The van der Waals surface area contributed by atoms with Crippen LogP contribution in [0.1, 0.15) is 45.4 Å². The number of carbonyl (C=O) groups is 1. The van der Waals surface area contributed by atoms with E-state index in [4.69, 9.17) is 0 Å². The Balaban J connectivity index is 2.73. The summed E-state index contributed by atoms with van der Waals surface area (Å²) in [6.07, 6.45) is 5.63. The first-order chi connectivity index (χ1) is 7.16. The van der Waals surface area contributed by atoms with Gasteiger partial charge in [0.1, 0.15) is 5.41 Å². The summed E-state index contributed by atoms with van der Waals surface area (Å²) < 4.78 is 0. The second-order valence-electron chi connectivity index (χ2n) is 4.48. The zero-order valence-corrected chi connectivity index (χ0v) is 9.75. The number of nitriles is 1. The molecule has 15 heavy (non-hydrogen) atoms. The van der Waals surface area contributed by atoms with Crippen molar-refractivity contribution in [2.75, 3.05) is 13.6 Å². The third kappa shape index (κ3) is 2.50. The highest BCUT2D eigenvalue weighted by molar-refractivity contribution is 5.85. The van der Waals surface area contributed by atoms with Crippen molar-refractivity contribution in [1.82, 2.24) is 4.90 Å². The molecular formula is C12H20N2O. The minimum absolute atomic E-state index is 0.0338. The monoisotopic (exact) mass is 208 g/mol. The fourth-order valence-electron chi connectivity index (χ4n) is 2.33. The molecule has 0 N–H and O–H groups in total. The Labute approximate surface area is 92.1 Å². The van der Waals surface area contributed by atoms with Gasteiger partial charge >= 0.3 is 0 Å². The van der Waals surface area contributed by atoms with Gasteiger partial charge in [-0.05, 0) is 19.3 Å². The van der Waals surface area contributed by atoms with E-state index in [1.165, 1.54) is 0 Å². The second-order valence-corrected chi connectivity index (χ2v) is 4.48. The van der Waals surface area contributed by atoms with E-state index in [9.17, 15) is 10.1 Å². The summed E-state index contributed by atoms with van der Waals surface area (Å²) in [7, 11) is 1.81. The smallest absolute Gasteiger partial charge is 0.242 e. The van der Waals surface area contributed by atoms with Crippen molar-refractivity contribution >= 4 is 5.91 Å². The summed E-state index contributed by atoms with van der Waals surface area (Å²) >= 11 is 0. The molecule has 1 fully saturated rings. The van der Waals surface area contributed by atoms with Gasteiger partial charge in [-0.15, -0.1) is 0 Å². The molecule has 84 valence electrons. The lowest BCUT2D eigenvalue weighted by Crippen LogP contribution is -2.42. The lowest BCUT2D eigenvalue weighted by atomic mass is 9.74. The predicted octanol–water partition coefficient (Wildman–Crippen LogP) is 2.33. The minimum atomic E-state index is -0.706. The Hall–Kier alpha value is -1.04. The average Bonchev–Trinajstić information content (AvgIpc) is 2.29. The highest BCUT2D eigenvalue weighted by Crippen LogP contribution is 2.37. The van der Waals surface area contributed by atoms with Crippen molar-refractivity contribution < 1.29 is 4.79 Å². The summed E-state index contributed by atoms with van der Waals surface area (Å²) in [5, 5.41) is 9.23. The topological polar surface area (TPSA) is 44.1 Å². The molecule has 1 rings (SSSR count). The van der Waals surface area contributed by atoms with Gasteiger partial charge in [-0.2, -0.15) is 5.26 Å². The van der Waals surface area contributed by atoms with Crippen LogP contribution < -0.4 is 0 Å². The maximum Gasteiger partial charge on any atom is 0.242 e. The van der Waals surface area contributed by atoms with E-state index in [1.54, 1.807) is 11.9 Å². The third-order valence-electron chi connectivity index (χ3n) is 3.24. The largest absolute Gasteiger partial charge is 0.344 e. The fourth-order valence-corrected chi connectivity index (χ4v) is 2.33. The number of nitrogens with zero attached hydrogens (tertiary/aromatic N) is 2. The quantitative estimate of drug-likeness (QED) is 0.714. The molecule has 0 aromatic rings. The Kier molecular flexibility index (Phi) is 4.14. The summed E-state index contributed by atoms with van der Waals surface area (Å²) in [5.74, 6) is 0.0338. The van der Waals surface area contributed by atoms with Gasteiger partial charge in [0.05, 0.1) is 6.07 Å². The summed E-state index contributed by atoms with van der Waals surface area (Å²) in [6.45, 7) is 2.80. The lowest BCUT2D eigenvalue weighted by Gasteiger charge is -2.32. The van der Waals surface area contributed by atoms with E-state index < -0.39 is 5.41 Å². The first kappa shape index (κ1) is 12.0. The van der Waals surface area contributed by atoms with E-state index in [0.717, 1.165) is 45.1 Å². The number of hydrogen-bond donors (Lipinski definition) is 0. The summed E-state index contributed by atoms with van der Waals surface area (Å²) in [4.78, 5) is 13.9. The van der Waals surface area contributed by atoms with Crippen LogP contribution in [0.15, 0.2) is 0 Å². The molecule has 1 aliphatic rings. The van der Waals surface area contributed by atoms with Crippen LogP contribution in [0.2, 0.25) is 0 Å². The van der Waals surface area contributed by atoms with Crippen molar-refractivity contribution in [3.63, 3.8) is 0 Å². The molecule has 1 saturated carbocycles. The van der Waals surface area contributed by atoms with Crippen LogP contribution in [0.3, 0.4) is 0 Å². The van der Waals surface area contributed by atoms with Crippen LogP contribution in [0, 0.1) is 16.7 Å². The standard InChI is InChI=1S/C12H20N2O/c1-3-9-14(2)11(15)12(10-13)7-5-4-6-8-12/h3-9H2,1-2H3. The van der Waals surface area contributed by atoms with E-state index >= 15 is 0 Å². The molecule has 0 heterocycles. The van der Waals surface area contributed by atoms with Gasteiger partial charge in [0, 0.05) is 13.6 Å². The second kappa shape index (κ2) is 5.16. The number of hydrogen-bond acceptors (Lipinski definition) is 2. The van der Waals surface area contributed by atoms with Crippen molar-refractivity contribution in [2.24, 2.45) is 5.41 Å². The van der Waals surface area contributed by atoms with Gasteiger partial charge in [-0.1, -0.05) is 26.2 Å². The van der Waals surface area contributed by atoms with Crippen LogP contribution in [0.25, 0.3) is 0 Å². The van der Waals surface area contributed by atoms with E-state index in [1.807, 2.05) is 6.92 Å². The number of amides is 1. The average molecular weight is 208 g/mol. The fraction of sp³-hybridized carbons (Fsp3) is 0.833. The van der Waals surface area contributed by atoms with E-state index in [-0.39, 0.29) is 5.91 Å². The Morgan fingerprint density at radius 3 is 2.47 bits per heavy atom. The van der Waals surface area contributed by atoms with Crippen molar-refractivity contribution in [3.05, 3.63) is 0 Å². The predicted molar refractivity (Wildman–Crippen MR) is 59.1 cm³/mol. The maximum absolute atomic E-state index is 12.1. The van der Waals surface area contributed by atoms with Gasteiger partial charge in [-0.25, -0.2) is 0 Å². The van der Waals surface area contributed by atoms with Crippen LogP contribution in [0.5, 0.6) is 0 Å². The highest BCUT2D eigenvalue weighted by Gasteiger charge is 2.41. The van der Waals surface area contributed by atoms with Gasteiger partial charge in [0.15, 0.2) is 0 Å². The molecule has 3 nitrogen and oxygen atoms in total. The molecule has 0 saturated heterocycles. The zero-order chi connectivity index (χ0) is 11.3. The molecule has 3 heteroatoms. The molecule has 0 bridgehead atoms. The molecule has 0 spiro atoms. The number of carbonyl (C=O) groups excluding carboxylic acids is 1. The molecule has 0 radical (unpaired) electrons. The maximum atomic E-state index is 12.1. The molecule has 0 aliphatic heterocycles. The van der Waals surface area contributed by atoms with Crippen LogP contribution in [-0.4, -0.2) is 24.4 Å². The van der Waals surface area contributed by atoms with Crippen molar-refractivity contribution in [1.29, 1.82) is 5.26 Å². The molecule has 0 unspecified atom stereocenters. The Bertz CT molecular complexity index is 261. The van der Waals surface area contributed by atoms with Gasteiger partial charge in [-0.3, -0.25) is 4.79 Å². The van der Waals surface area contributed by atoms with Gasteiger partial charge < -0.3 is 4.90 Å². The van der Waals surface area contributed by atoms with Gasteiger partial charge in [0.2, 0.25) is 5.91 Å². The van der Waals surface area contributed by atoms with Crippen LogP contribution in [-0.2, 0) is 4.79 Å². The number of rotatable bonds is 3. The van der Waals surface area contributed by atoms with Gasteiger partial charge in [0.25, 0.3) is 0 Å². The van der Waals surface area contributed by atoms with E-state index in [2.05, 4.69) is 6.07 Å². The third-order valence-corrected chi connectivity index (χ3v) is 3.24. The van der Waals surface area contributed by atoms with Crippen molar-refractivity contribution in [2.45, 2.75) is 45.4 Å². The zero-order valence-electron chi connectivity index (χ0n) is 9.75. The molecule has 1 aliphatic carbocycles. The Morgan fingerprint density at radius 2 is 2.00 bits per heavy atom. The molecule has 1 amide bonds. The molecular weight excluding hydrogens is 188 g/mol. The first-order valence-electron chi connectivity index (χ1n) is 5.83. The van der Waals surface area contributed by atoms with E-state index in [0.29, 0.717) is 0 Å². The van der Waals surface area contributed by atoms with Crippen LogP contribution >= 0.6 is 0 Å². The Morgan fingerprint density at radius 1 is 1.40 bits per heavy atom. The van der Waals surface area contributed by atoms with Crippen molar-refractivity contribution in [3.8, 4) is 6.07 Å². The summed E-state index contributed by atoms with van der Waals surface area (Å²) in [5.41, 5.74) is -0.706. The van der Waals surface area contributed by atoms with Crippen LogP contribution in [0.4, 0.5) is 0 Å². The first-order valence-corrected chi connectivity index (χ1v) is 5.83. The molecule has 0 atom stereocenters. The lowest BCUT2D eigenvalue weighted by molar-refractivity contribution is -0.139.